The molecule has 0 aromatic heterocycles. The number of rotatable bonds is 5. The summed E-state index contributed by atoms with van der Waals surface area (Å²) in [5.41, 5.74) is 9.75. The fourth-order valence-electron chi connectivity index (χ4n) is 1.28. The zero-order valence-electron chi connectivity index (χ0n) is 9.93. The third kappa shape index (κ3) is 5.03. The van der Waals surface area contributed by atoms with Crippen molar-refractivity contribution in [1.82, 2.24) is 0 Å². The van der Waals surface area contributed by atoms with E-state index in [9.17, 15) is 0 Å². The normalized spacial score (nSPS) is 15.5. The minimum atomic E-state index is 0.188. The van der Waals surface area contributed by atoms with Crippen molar-refractivity contribution in [3.8, 4) is 0 Å². The van der Waals surface area contributed by atoms with Gasteiger partial charge in [-0.05, 0) is 46.1 Å². The van der Waals surface area contributed by atoms with E-state index in [1.54, 1.807) is 0 Å². The Morgan fingerprint density at radius 2 is 1.93 bits per heavy atom. The van der Waals surface area contributed by atoms with Crippen LogP contribution in [0.25, 0.3) is 0 Å². The summed E-state index contributed by atoms with van der Waals surface area (Å²) in [4.78, 5) is 0. The van der Waals surface area contributed by atoms with E-state index in [1.165, 1.54) is 11.1 Å². The molecule has 0 bridgehead atoms. The molecule has 0 aromatic carbocycles. The van der Waals surface area contributed by atoms with Gasteiger partial charge >= 0.3 is 0 Å². The molecule has 80 valence electrons. The van der Waals surface area contributed by atoms with Gasteiger partial charge in [-0.3, -0.25) is 0 Å². The standard InChI is InChI=1S/C13H23N/c1-6-7-13(14)9-8-11(4)12(5)10(2)3/h6-7,13H,2,8-9,14H2,1,3-5H3/b7-6+,12-11+. The molecule has 14 heavy (non-hydrogen) atoms. The average Bonchev–Trinajstić information content (AvgIpc) is 2.13. The van der Waals surface area contributed by atoms with Gasteiger partial charge in [-0.2, -0.15) is 0 Å². The van der Waals surface area contributed by atoms with Gasteiger partial charge in [0, 0.05) is 6.04 Å². The van der Waals surface area contributed by atoms with Crippen LogP contribution in [0.5, 0.6) is 0 Å². The first-order valence-corrected chi connectivity index (χ1v) is 5.19. The lowest BCUT2D eigenvalue weighted by Gasteiger charge is -2.10. The average molecular weight is 193 g/mol. The van der Waals surface area contributed by atoms with Gasteiger partial charge in [-0.25, -0.2) is 0 Å². The van der Waals surface area contributed by atoms with Crippen LogP contribution in [0, 0.1) is 0 Å². The van der Waals surface area contributed by atoms with Crippen LogP contribution in [0.3, 0.4) is 0 Å². The van der Waals surface area contributed by atoms with E-state index in [0.717, 1.165) is 18.4 Å². The number of allylic oxidation sites excluding steroid dienone is 4. The van der Waals surface area contributed by atoms with Crippen LogP contribution in [0.2, 0.25) is 0 Å². The van der Waals surface area contributed by atoms with Crippen LogP contribution < -0.4 is 5.73 Å². The zero-order valence-corrected chi connectivity index (χ0v) is 9.93. The summed E-state index contributed by atoms with van der Waals surface area (Å²) in [5, 5.41) is 0. The van der Waals surface area contributed by atoms with Gasteiger partial charge in [-0.1, -0.05) is 29.9 Å². The van der Waals surface area contributed by atoms with Crippen molar-refractivity contribution in [2.45, 2.75) is 46.6 Å². The lowest BCUT2D eigenvalue weighted by molar-refractivity contribution is 0.712. The first kappa shape index (κ1) is 13.2. The molecule has 2 N–H and O–H groups in total. The van der Waals surface area contributed by atoms with Gasteiger partial charge in [0.1, 0.15) is 0 Å². The number of nitrogens with two attached hydrogens (primary N) is 1. The monoisotopic (exact) mass is 193 g/mol. The van der Waals surface area contributed by atoms with Crippen molar-refractivity contribution in [3.05, 3.63) is 35.5 Å². The van der Waals surface area contributed by atoms with Crippen molar-refractivity contribution >= 4 is 0 Å². The second-order valence-corrected chi connectivity index (χ2v) is 3.91. The van der Waals surface area contributed by atoms with Crippen LogP contribution in [-0.2, 0) is 0 Å². The Labute approximate surface area is 88.4 Å². The summed E-state index contributed by atoms with van der Waals surface area (Å²) < 4.78 is 0. The van der Waals surface area contributed by atoms with Gasteiger partial charge in [0.05, 0.1) is 0 Å². The Morgan fingerprint density at radius 3 is 2.36 bits per heavy atom. The van der Waals surface area contributed by atoms with E-state index in [-0.39, 0.29) is 6.04 Å². The Balaban J connectivity index is 4.14. The third-order valence-electron chi connectivity index (χ3n) is 2.57. The lowest BCUT2D eigenvalue weighted by Crippen LogP contribution is -2.16. The van der Waals surface area contributed by atoms with E-state index >= 15 is 0 Å². The molecular weight excluding hydrogens is 170 g/mol. The summed E-state index contributed by atoms with van der Waals surface area (Å²) >= 11 is 0. The molecule has 0 aromatic rings. The maximum atomic E-state index is 5.88. The highest BCUT2D eigenvalue weighted by Gasteiger charge is 2.01. The molecule has 1 heteroatoms. The van der Waals surface area contributed by atoms with Crippen molar-refractivity contribution < 1.29 is 0 Å². The molecule has 0 radical (unpaired) electrons. The van der Waals surface area contributed by atoms with Crippen LogP contribution >= 0.6 is 0 Å². The second kappa shape index (κ2) is 6.61. The third-order valence-corrected chi connectivity index (χ3v) is 2.57. The maximum absolute atomic E-state index is 5.88. The molecule has 1 unspecified atom stereocenters. The lowest BCUT2D eigenvalue weighted by atomic mass is 9.99. The topological polar surface area (TPSA) is 26.0 Å². The summed E-state index contributed by atoms with van der Waals surface area (Å²) in [7, 11) is 0. The van der Waals surface area contributed by atoms with Crippen molar-refractivity contribution in [2.75, 3.05) is 0 Å². The number of hydrogen-bond acceptors (Lipinski definition) is 1. The van der Waals surface area contributed by atoms with E-state index in [4.69, 9.17) is 5.73 Å². The second-order valence-electron chi connectivity index (χ2n) is 3.91. The zero-order chi connectivity index (χ0) is 11.1. The molecule has 1 nitrogen and oxygen atoms in total. The predicted molar refractivity (Wildman–Crippen MR) is 65.2 cm³/mol. The van der Waals surface area contributed by atoms with Crippen LogP contribution in [0.1, 0.15) is 40.5 Å². The van der Waals surface area contributed by atoms with Gasteiger partial charge in [0.25, 0.3) is 0 Å². The van der Waals surface area contributed by atoms with E-state index in [2.05, 4.69) is 20.4 Å². The quantitative estimate of drug-likeness (QED) is 0.524. The molecule has 0 rings (SSSR count). The molecule has 0 aliphatic heterocycles. The van der Waals surface area contributed by atoms with Crippen molar-refractivity contribution in [2.24, 2.45) is 5.73 Å². The Morgan fingerprint density at radius 1 is 1.36 bits per heavy atom. The molecule has 1 atom stereocenters. The SMILES string of the molecule is C=C(C)/C(C)=C(\C)CCC(N)/C=C/C. The van der Waals surface area contributed by atoms with Gasteiger partial charge in [0.2, 0.25) is 0 Å². The molecule has 0 heterocycles. The first-order chi connectivity index (χ1) is 6.49. The van der Waals surface area contributed by atoms with Gasteiger partial charge < -0.3 is 5.73 Å². The van der Waals surface area contributed by atoms with Crippen molar-refractivity contribution in [1.29, 1.82) is 0 Å². The largest absolute Gasteiger partial charge is 0.324 e. The molecule has 0 aliphatic rings. The highest BCUT2D eigenvalue weighted by Crippen LogP contribution is 2.16. The highest BCUT2D eigenvalue weighted by molar-refractivity contribution is 5.28. The molecule has 0 fully saturated rings. The summed E-state index contributed by atoms with van der Waals surface area (Å²) in [5.74, 6) is 0. The minimum Gasteiger partial charge on any atom is -0.324 e. The van der Waals surface area contributed by atoms with Crippen molar-refractivity contribution in [3.63, 3.8) is 0 Å². The van der Waals surface area contributed by atoms with E-state index < -0.39 is 0 Å². The predicted octanol–water partition coefficient (Wildman–Crippen LogP) is 3.58. The fourth-order valence-corrected chi connectivity index (χ4v) is 1.28. The number of hydrogen-bond donors (Lipinski definition) is 1. The van der Waals surface area contributed by atoms with Crippen LogP contribution in [0.15, 0.2) is 35.5 Å². The van der Waals surface area contributed by atoms with E-state index in [1.807, 2.05) is 26.0 Å². The minimum absolute atomic E-state index is 0.188. The van der Waals surface area contributed by atoms with E-state index in [0.29, 0.717) is 0 Å². The highest BCUT2D eigenvalue weighted by atomic mass is 14.6. The summed E-state index contributed by atoms with van der Waals surface area (Å²) in [6.45, 7) is 12.3. The van der Waals surface area contributed by atoms with Crippen LogP contribution in [0.4, 0.5) is 0 Å². The summed E-state index contributed by atoms with van der Waals surface area (Å²) in [6, 6.07) is 0.188. The molecule has 0 amide bonds. The molecular formula is C13H23N. The smallest absolute Gasteiger partial charge is 0.0226 e. The molecule has 0 saturated carbocycles. The fraction of sp³-hybridized carbons (Fsp3) is 0.538. The van der Waals surface area contributed by atoms with Crippen LogP contribution in [-0.4, -0.2) is 6.04 Å². The maximum Gasteiger partial charge on any atom is 0.0226 e. The molecule has 0 aliphatic carbocycles. The van der Waals surface area contributed by atoms with Gasteiger partial charge in [-0.15, -0.1) is 0 Å². The molecule has 0 spiro atoms. The Bertz CT molecular complexity index is 246. The Hall–Kier alpha value is -0.820. The van der Waals surface area contributed by atoms with Gasteiger partial charge in [0.15, 0.2) is 0 Å². The first-order valence-electron chi connectivity index (χ1n) is 5.19. The Kier molecular flexibility index (Phi) is 6.22. The molecule has 0 saturated heterocycles. The summed E-state index contributed by atoms with van der Waals surface area (Å²) in [6.07, 6.45) is 6.13.